The number of aromatic amines is 1. The number of halogens is 2. The van der Waals surface area contributed by atoms with E-state index in [4.69, 9.17) is 4.74 Å². The van der Waals surface area contributed by atoms with Crippen molar-refractivity contribution in [1.29, 1.82) is 0 Å². The Morgan fingerprint density at radius 1 is 1.00 bits per heavy atom. The van der Waals surface area contributed by atoms with Crippen molar-refractivity contribution in [2.75, 3.05) is 27.2 Å². The van der Waals surface area contributed by atoms with Crippen LogP contribution in [0.1, 0.15) is 11.1 Å². The van der Waals surface area contributed by atoms with E-state index in [0.717, 1.165) is 17.8 Å². The number of aryl methyl sites for hydroxylation is 2. The number of rotatable bonds is 4. The summed E-state index contributed by atoms with van der Waals surface area (Å²) in [5, 5.41) is 4.95. The molecule has 0 atom stereocenters. The molecule has 0 radical (unpaired) electrons. The summed E-state index contributed by atoms with van der Waals surface area (Å²) in [5.41, 5.74) is 4.88. The maximum Gasteiger partial charge on any atom is 0.120 e. The van der Waals surface area contributed by atoms with Crippen molar-refractivity contribution < 1.29 is 4.74 Å². The number of fused-ring (bicyclic) bond motifs is 4. The molecule has 4 rings (SSSR count). The minimum Gasteiger partial charge on any atom is -0.492 e. The first-order valence-corrected chi connectivity index (χ1v) is 8.62. The first-order valence-electron chi connectivity index (χ1n) is 8.62. The zero-order valence-electron chi connectivity index (χ0n) is 16.0. The maximum atomic E-state index is 5.93. The molecule has 4 aromatic rings. The van der Waals surface area contributed by atoms with Crippen LogP contribution in [0.3, 0.4) is 0 Å². The normalized spacial score (nSPS) is 11.0. The van der Waals surface area contributed by atoms with E-state index in [1.807, 2.05) is 18.5 Å². The second kappa shape index (κ2) is 8.34. The molecule has 2 heterocycles. The van der Waals surface area contributed by atoms with E-state index < -0.39 is 0 Å². The molecule has 0 unspecified atom stereocenters. The van der Waals surface area contributed by atoms with Crippen molar-refractivity contribution in [3.05, 3.63) is 47.8 Å². The van der Waals surface area contributed by atoms with Crippen LogP contribution in [0, 0.1) is 13.8 Å². The number of pyridine rings is 1. The lowest BCUT2D eigenvalue weighted by atomic mass is 9.97. The average molecular weight is 406 g/mol. The van der Waals surface area contributed by atoms with Crippen LogP contribution in [0.15, 0.2) is 36.7 Å². The highest BCUT2D eigenvalue weighted by Crippen LogP contribution is 2.37. The molecule has 0 saturated heterocycles. The molecule has 0 aliphatic heterocycles. The molecule has 0 saturated carbocycles. The summed E-state index contributed by atoms with van der Waals surface area (Å²) in [6, 6.07) is 8.40. The zero-order chi connectivity index (χ0) is 17.6. The molecule has 27 heavy (non-hydrogen) atoms. The molecule has 0 aliphatic rings. The Morgan fingerprint density at radius 3 is 2.52 bits per heavy atom. The van der Waals surface area contributed by atoms with Crippen LogP contribution in [0.4, 0.5) is 0 Å². The Kier molecular flexibility index (Phi) is 6.58. The number of nitrogens with one attached hydrogen (secondary N) is 1. The van der Waals surface area contributed by atoms with Crippen LogP contribution in [0.2, 0.25) is 0 Å². The second-order valence-electron chi connectivity index (χ2n) is 6.91. The van der Waals surface area contributed by atoms with Crippen LogP contribution in [0.5, 0.6) is 5.75 Å². The molecule has 0 amide bonds. The Morgan fingerprint density at radius 2 is 1.78 bits per heavy atom. The fourth-order valence-electron chi connectivity index (χ4n) is 3.57. The molecule has 1 N–H and O–H groups in total. The lowest BCUT2D eigenvalue weighted by Crippen LogP contribution is -2.19. The summed E-state index contributed by atoms with van der Waals surface area (Å²) in [5.74, 6) is 0.915. The monoisotopic (exact) mass is 405 g/mol. The van der Waals surface area contributed by atoms with Crippen LogP contribution < -0.4 is 4.74 Å². The van der Waals surface area contributed by atoms with E-state index in [-0.39, 0.29) is 24.8 Å². The molecular formula is C21H25Cl2N3O. The predicted molar refractivity (Wildman–Crippen MR) is 119 cm³/mol. The van der Waals surface area contributed by atoms with E-state index in [1.54, 1.807) is 0 Å². The van der Waals surface area contributed by atoms with Gasteiger partial charge in [-0.3, -0.25) is 4.98 Å². The third kappa shape index (κ3) is 3.70. The van der Waals surface area contributed by atoms with Crippen molar-refractivity contribution in [2.24, 2.45) is 0 Å². The van der Waals surface area contributed by atoms with Gasteiger partial charge in [0.05, 0.1) is 5.52 Å². The van der Waals surface area contributed by atoms with Crippen molar-refractivity contribution in [2.45, 2.75) is 13.8 Å². The fourth-order valence-corrected chi connectivity index (χ4v) is 3.57. The standard InChI is InChI=1S/C21H23N3O.2ClH/c1-13-18-12-22-8-7-16(18)14(2)21-20(13)17-11-15(5-6-19(17)23-21)25-10-9-24(3)4;;/h5-8,11-12,23H,9-10H2,1-4H3;2*1H. The lowest BCUT2D eigenvalue weighted by Gasteiger charge is -2.11. The van der Waals surface area contributed by atoms with Gasteiger partial charge in [0.1, 0.15) is 12.4 Å². The molecule has 0 bridgehead atoms. The van der Waals surface area contributed by atoms with Crippen molar-refractivity contribution >= 4 is 57.4 Å². The van der Waals surface area contributed by atoms with Gasteiger partial charge in [-0.15, -0.1) is 24.8 Å². The van der Waals surface area contributed by atoms with Gasteiger partial charge in [0.15, 0.2) is 0 Å². The van der Waals surface area contributed by atoms with Gasteiger partial charge in [-0.2, -0.15) is 0 Å². The van der Waals surface area contributed by atoms with Gasteiger partial charge in [0, 0.05) is 40.6 Å². The maximum absolute atomic E-state index is 5.93. The molecule has 0 spiro atoms. The van der Waals surface area contributed by atoms with Gasteiger partial charge in [-0.1, -0.05) is 0 Å². The highest BCUT2D eigenvalue weighted by molar-refractivity contribution is 6.16. The number of likely N-dealkylation sites (N-methyl/N-ethyl adjacent to an activating group) is 1. The number of H-pyrrole nitrogens is 1. The first-order chi connectivity index (χ1) is 12.1. The van der Waals surface area contributed by atoms with E-state index in [2.05, 4.69) is 61.0 Å². The van der Waals surface area contributed by atoms with Gasteiger partial charge in [-0.05, 0) is 68.7 Å². The highest BCUT2D eigenvalue weighted by atomic mass is 35.5. The largest absolute Gasteiger partial charge is 0.492 e. The molecule has 2 aromatic heterocycles. The summed E-state index contributed by atoms with van der Waals surface area (Å²) < 4.78 is 5.93. The van der Waals surface area contributed by atoms with E-state index >= 15 is 0 Å². The molecule has 0 aliphatic carbocycles. The van der Waals surface area contributed by atoms with Crippen molar-refractivity contribution in [3.63, 3.8) is 0 Å². The van der Waals surface area contributed by atoms with Gasteiger partial charge >= 0.3 is 0 Å². The molecule has 0 fully saturated rings. The van der Waals surface area contributed by atoms with Gasteiger partial charge in [0.25, 0.3) is 0 Å². The summed E-state index contributed by atoms with van der Waals surface area (Å²) in [7, 11) is 4.11. The Hall–Kier alpha value is -2.01. The van der Waals surface area contributed by atoms with Crippen molar-refractivity contribution in [3.8, 4) is 5.75 Å². The number of nitrogens with zero attached hydrogens (tertiary/aromatic N) is 2. The number of hydrogen-bond donors (Lipinski definition) is 1. The number of benzene rings is 2. The van der Waals surface area contributed by atoms with Crippen molar-refractivity contribution in [1.82, 2.24) is 14.9 Å². The smallest absolute Gasteiger partial charge is 0.120 e. The second-order valence-corrected chi connectivity index (χ2v) is 6.91. The summed E-state index contributed by atoms with van der Waals surface area (Å²) in [4.78, 5) is 10.0. The lowest BCUT2D eigenvalue weighted by molar-refractivity contribution is 0.261. The van der Waals surface area contributed by atoms with Gasteiger partial charge in [0.2, 0.25) is 0 Å². The molecular weight excluding hydrogens is 381 g/mol. The van der Waals surface area contributed by atoms with E-state index in [1.165, 1.54) is 38.2 Å². The van der Waals surface area contributed by atoms with E-state index in [0.29, 0.717) is 6.61 Å². The summed E-state index contributed by atoms with van der Waals surface area (Å²) in [6.07, 6.45) is 3.83. The van der Waals surface area contributed by atoms with E-state index in [9.17, 15) is 0 Å². The summed E-state index contributed by atoms with van der Waals surface area (Å²) >= 11 is 0. The van der Waals surface area contributed by atoms with Crippen LogP contribution >= 0.6 is 24.8 Å². The quantitative estimate of drug-likeness (QED) is 0.502. The van der Waals surface area contributed by atoms with Crippen LogP contribution in [-0.4, -0.2) is 42.1 Å². The Bertz CT molecular complexity index is 1090. The number of hydrogen-bond acceptors (Lipinski definition) is 3. The molecule has 144 valence electrons. The topological polar surface area (TPSA) is 41.1 Å². The SMILES string of the molecule is Cc1c2ccncc2c(C)c2c1[nH]c1ccc(OCCN(C)C)cc12.Cl.Cl. The number of aromatic nitrogens is 2. The van der Waals surface area contributed by atoms with Gasteiger partial charge < -0.3 is 14.6 Å². The summed E-state index contributed by atoms with van der Waals surface area (Å²) in [6.45, 7) is 5.94. The minimum absolute atomic E-state index is 0. The zero-order valence-corrected chi connectivity index (χ0v) is 17.6. The van der Waals surface area contributed by atoms with Crippen LogP contribution in [0.25, 0.3) is 32.6 Å². The molecule has 2 aromatic carbocycles. The minimum atomic E-state index is 0. The fraction of sp³-hybridized carbons (Fsp3) is 0.286. The predicted octanol–water partition coefficient (Wildman–Crippen LogP) is 5.27. The number of ether oxygens (including phenoxy) is 1. The highest BCUT2D eigenvalue weighted by Gasteiger charge is 2.14. The first kappa shape index (κ1) is 21.3. The third-order valence-corrected chi connectivity index (χ3v) is 4.96. The Labute approximate surface area is 171 Å². The molecule has 6 heteroatoms. The average Bonchev–Trinajstić information content (AvgIpc) is 2.98. The van der Waals surface area contributed by atoms with Crippen LogP contribution in [-0.2, 0) is 0 Å². The Balaban J connectivity index is 0.00000131. The molecule has 4 nitrogen and oxygen atoms in total. The third-order valence-electron chi connectivity index (χ3n) is 4.96. The van der Waals surface area contributed by atoms with Gasteiger partial charge in [-0.25, -0.2) is 0 Å².